The van der Waals surface area contributed by atoms with E-state index in [9.17, 15) is 9.59 Å². The SMILES string of the molecule is O=C1CN(C2CCCC2)CCN1.O=COCc1ccccc1. The zero-order valence-electron chi connectivity index (χ0n) is 12.9. The molecule has 2 fully saturated rings. The Hall–Kier alpha value is -1.88. The smallest absolute Gasteiger partial charge is 0.293 e. The van der Waals surface area contributed by atoms with Crippen LogP contribution in [0, 0.1) is 0 Å². The van der Waals surface area contributed by atoms with Gasteiger partial charge in [0.05, 0.1) is 6.54 Å². The van der Waals surface area contributed by atoms with Crippen LogP contribution in [0.2, 0.25) is 0 Å². The van der Waals surface area contributed by atoms with Crippen LogP contribution in [0.5, 0.6) is 0 Å². The highest BCUT2D eigenvalue weighted by Crippen LogP contribution is 2.23. The molecule has 0 spiro atoms. The number of piperazine rings is 1. The fourth-order valence-electron chi connectivity index (χ4n) is 2.94. The maximum Gasteiger partial charge on any atom is 0.293 e. The first-order chi connectivity index (χ1) is 10.8. The van der Waals surface area contributed by atoms with Gasteiger partial charge < -0.3 is 10.1 Å². The first-order valence-electron chi connectivity index (χ1n) is 7.89. The Morgan fingerprint density at radius 3 is 2.59 bits per heavy atom. The molecule has 1 aromatic rings. The Morgan fingerprint density at radius 2 is 1.95 bits per heavy atom. The third kappa shape index (κ3) is 5.48. The Morgan fingerprint density at radius 1 is 1.23 bits per heavy atom. The molecule has 1 saturated carbocycles. The molecule has 1 amide bonds. The summed E-state index contributed by atoms with van der Waals surface area (Å²) in [5, 5.41) is 2.85. The number of nitrogens with one attached hydrogen (secondary N) is 1. The summed E-state index contributed by atoms with van der Waals surface area (Å²) in [7, 11) is 0. The molecule has 5 nitrogen and oxygen atoms in total. The van der Waals surface area contributed by atoms with Gasteiger partial charge in [0, 0.05) is 19.1 Å². The standard InChI is InChI=1S/C9H16N2O.C8H8O2/c12-9-7-11(6-5-10-9)8-3-1-2-4-8;9-7-10-6-8-4-2-1-3-5-8/h8H,1-7H2,(H,10,12);1-5,7H,6H2. The Bertz CT molecular complexity index is 458. The van der Waals surface area contributed by atoms with Gasteiger partial charge >= 0.3 is 0 Å². The van der Waals surface area contributed by atoms with Gasteiger partial charge in [-0.15, -0.1) is 0 Å². The second-order valence-corrected chi connectivity index (χ2v) is 5.65. The van der Waals surface area contributed by atoms with Crippen molar-refractivity contribution in [2.45, 2.75) is 38.3 Å². The summed E-state index contributed by atoms with van der Waals surface area (Å²) in [6, 6.07) is 10.3. The van der Waals surface area contributed by atoms with Gasteiger partial charge in [-0.3, -0.25) is 14.5 Å². The van der Waals surface area contributed by atoms with Crippen LogP contribution in [0.1, 0.15) is 31.2 Å². The van der Waals surface area contributed by atoms with E-state index < -0.39 is 0 Å². The number of hydrogen-bond acceptors (Lipinski definition) is 4. The second-order valence-electron chi connectivity index (χ2n) is 5.65. The van der Waals surface area contributed by atoms with E-state index in [0.717, 1.165) is 18.7 Å². The fraction of sp³-hybridized carbons (Fsp3) is 0.529. The van der Waals surface area contributed by atoms with Crippen molar-refractivity contribution in [1.29, 1.82) is 0 Å². The minimum atomic E-state index is 0.202. The summed E-state index contributed by atoms with van der Waals surface area (Å²) < 4.78 is 4.54. The van der Waals surface area contributed by atoms with E-state index in [1.807, 2.05) is 30.3 Å². The van der Waals surface area contributed by atoms with Gasteiger partial charge in [0.15, 0.2) is 0 Å². The summed E-state index contributed by atoms with van der Waals surface area (Å²) in [4.78, 5) is 23.2. The lowest BCUT2D eigenvalue weighted by Crippen LogP contribution is -2.50. The van der Waals surface area contributed by atoms with Gasteiger partial charge in [-0.25, -0.2) is 0 Å². The minimum Gasteiger partial charge on any atom is -0.463 e. The van der Waals surface area contributed by atoms with Crippen molar-refractivity contribution >= 4 is 12.4 Å². The number of amides is 1. The third-order valence-electron chi connectivity index (χ3n) is 4.07. The quantitative estimate of drug-likeness (QED) is 0.861. The van der Waals surface area contributed by atoms with E-state index in [2.05, 4.69) is 15.0 Å². The number of ether oxygens (including phenoxy) is 1. The van der Waals surface area contributed by atoms with E-state index in [1.165, 1.54) is 25.7 Å². The highest BCUT2D eigenvalue weighted by molar-refractivity contribution is 5.78. The van der Waals surface area contributed by atoms with Crippen molar-refractivity contribution in [2.24, 2.45) is 0 Å². The zero-order chi connectivity index (χ0) is 15.6. The van der Waals surface area contributed by atoms with Crippen LogP contribution < -0.4 is 5.32 Å². The number of nitrogens with zero attached hydrogens (tertiary/aromatic N) is 1. The zero-order valence-corrected chi connectivity index (χ0v) is 12.9. The molecule has 22 heavy (non-hydrogen) atoms. The van der Waals surface area contributed by atoms with Crippen LogP contribution in [0.15, 0.2) is 30.3 Å². The van der Waals surface area contributed by atoms with Crippen molar-refractivity contribution in [2.75, 3.05) is 19.6 Å². The molecule has 1 saturated heterocycles. The molecule has 120 valence electrons. The average molecular weight is 304 g/mol. The van der Waals surface area contributed by atoms with Crippen molar-refractivity contribution in [3.8, 4) is 0 Å². The monoisotopic (exact) mass is 304 g/mol. The van der Waals surface area contributed by atoms with E-state index >= 15 is 0 Å². The van der Waals surface area contributed by atoms with Gasteiger partial charge in [-0.05, 0) is 18.4 Å². The first-order valence-corrected chi connectivity index (χ1v) is 7.89. The third-order valence-corrected chi connectivity index (χ3v) is 4.07. The summed E-state index contributed by atoms with van der Waals surface area (Å²) in [6.07, 6.45) is 5.30. The molecule has 0 radical (unpaired) electrons. The molecule has 0 unspecified atom stereocenters. The topological polar surface area (TPSA) is 58.6 Å². The van der Waals surface area contributed by atoms with Gasteiger partial charge in [0.25, 0.3) is 6.47 Å². The Labute approximate surface area is 131 Å². The molecular formula is C17H24N2O3. The number of carbonyl (C=O) groups excluding carboxylic acids is 2. The van der Waals surface area contributed by atoms with Crippen molar-refractivity contribution in [1.82, 2.24) is 10.2 Å². The van der Waals surface area contributed by atoms with Crippen molar-refractivity contribution < 1.29 is 14.3 Å². The molecule has 1 aromatic carbocycles. The highest BCUT2D eigenvalue weighted by atomic mass is 16.5. The predicted octanol–water partition coefficient (Wildman–Crippen LogP) is 1.72. The summed E-state index contributed by atoms with van der Waals surface area (Å²) in [6.45, 7) is 3.34. The van der Waals surface area contributed by atoms with Crippen LogP contribution in [0.25, 0.3) is 0 Å². The molecule has 2 aliphatic rings. The molecule has 0 bridgehead atoms. The van der Waals surface area contributed by atoms with Gasteiger partial charge in [-0.1, -0.05) is 43.2 Å². The van der Waals surface area contributed by atoms with Gasteiger partial charge in [-0.2, -0.15) is 0 Å². The maximum atomic E-state index is 11.1. The number of hydrogen-bond donors (Lipinski definition) is 1. The normalized spacial score (nSPS) is 19.0. The molecule has 0 atom stereocenters. The first kappa shape index (κ1) is 16.5. The molecule has 1 aliphatic carbocycles. The van der Waals surface area contributed by atoms with Gasteiger partial charge in [0.1, 0.15) is 6.61 Å². The van der Waals surface area contributed by atoms with Crippen LogP contribution in [-0.2, 0) is 20.9 Å². The Kier molecular flexibility index (Phi) is 6.90. The summed E-state index contributed by atoms with van der Waals surface area (Å²) in [5.74, 6) is 0.202. The van der Waals surface area contributed by atoms with Crippen LogP contribution >= 0.6 is 0 Å². The number of benzene rings is 1. The number of rotatable bonds is 4. The van der Waals surface area contributed by atoms with Crippen LogP contribution in [0.4, 0.5) is 0 Å². The van der Waals surface area contributed by atoms with E-state index in [1.54, 1.807) is 0 Å². The minimum absolute atomic E-state index is 0.202. The van der Waals surface area contributed by atoms with E-state index in [0.29, 0.717) is 25.7 Å². The number of carbonyl (C=O) groups is 2. The van der Waals surface area contributed by atoms with Crippen molar-refractivity contribution in [3.63, 3.8) is 0 Å². The molecule has 1 heterocycles. The largest absolute Gasteiger partial charge is 0.463 e. The average Bonchev–Trinajstić information content (AvgIpc) is 3.09. The van der Waals surface area contributed by atoms with Crippen molar-refractivity contribution in [3.05, 3.63) is 35.9 Å². The van der Waals surface area contributed by atoms with E-state index in [4.69, 9.17) is 0 Å². The second kappa shape index (κ2) is 9.20. The van der Waals surface area contributed by atoms with Crippen LogP contribution in [0.3, 0.4) is 0 Å². The fourth-order valence-corrected chi connectivity index (χ4v) is 2.94. The van der Waals surface area contributed by atoms with E-state index in [-0.39, 0.29) is 5.91 Å². The lowest BCUT2D eigenvalue weighted by atomic mass is 10.2. The lowest BCUT2D eigenvalue weighted by molar-refractivity contribution is -0.129. The lowest BCUT2D eigenvalue weighted by Gasteiger charge is -2.31. The molecule has 1 N–H and O–H groups in total. The molecule has 5 heteroatoms. The molecule has 3 rings (SSSR count). The molecule has 1 aliphatic heterocycles. The maximum absolute atomic E-state index is 11.1. The van der Waals surface area contributed by atoms with Gasteiger partial charge in [0.2, 0.25) is 5.91 Å². The predicted molar refractivity (Wildman–Crippen MR) is 84.1 cm³/mol. The van der Waals surface area contributed by atoms with Crippen LogP contribution in [-0.4, -0.2) is 43.0 Å². The summed E-state index contributed by atoms with van der Waals surface area (Å²) >= 11 is 0. The summed E-state index contributed by atoms with van der Waals surface area (Å²) in [5.41, 5.74) is 1.01. The Balaban J connectivity index is 0.000000164. The highest BCUT2D eigenvalue weighted by Gasteiger charge is 2.26. The molecular weight excluding hydrogens is 280 g/mol. The molecule has 0 aromatic heterocycles.